The second kappa shape index (κ2) is 2.81. The Kier molecular flexibility index (Phi) is 1.77. The average molecular weight is 243 g/mol. The number of nitrogens with zero attached hydrogens (tertiary/aromatic N) is 2. The molecule has 0 aliphatic carbocycles. The largest absolute Gasteiger partial charge is 0.448 e. The van der Waals surface area contributed by atoms with Crippen LogP contribution >= 0.6 is 15.9 Å². The van der Waals surface area contributed by atoms with Gasteiger partial charge >= 0.3 is 5.88 Å². The molecule has 0 aliphatic rings. The van der Waals surface area contributed by atoms with Crippen LogP contribution in [0.3, 0.4) is 0 Å². The van der Waals surface area contributed by atoms with Crippen LogP contribution in [-0.4, -0.2) is 9.91 Å². The summed E-state index contributed by atoms with van der Waals surface area (Å²) in [6.07, 6.45) is 3.03. The highest BCUT2D eigenvalue weighted by molar-refractivity contribution is 9.10. The van der Waals surface area contributed by atoms with Gasteiger partial charge in [0, 0.05) is 18.5 Å². The number of aromatic nitrogens is 1. The Morgan fingerprint density at radius 2 is 2.38 bits per heavy atom. The summed E-state index contributed by atoms with van der Waals surface area (Å²) >= 11 is 3.08. The standard InChI is InChI=1S/C7H3BrN2O3/c8-6-4-3-9-2-1-5(4)13-7(6)10(11)12/h1-3H. The van der Waals surface area contributed by atoms with Crippen molar-refractivity contribution in [2.45, 2.75) is 0 Å². The molecule has 0 aromatic carbocycles. The Morgan fingerprint density at radius 1 is 1.62 bits per heavy atom. The van der Waals surface area contributed by atoms with Gasteiger partial charge in [-0.1, -0.05) is 0 Å². The SMILES string of the molecule is O=[N+]([O-])c1oc2ccncc2c1Br. The van der Waals surface area contributed by atoms with Gasteiger partial charge in [0.2, 0.25) is 0 Å². The summed E-state index contributed by atoms with van der Waals surface area (Å²) in [6.45, 7) is 0. The van der Waals surface area contributed by atoms with Crippen LogP contribution in [0.5, 0.6) is 0 Å². The summed E-state index contributed by atoms with van der Waals surface area (Å²) in [7, 11) is 0. The third-order valence-corrected chi connectivity index (χ3v) is 2.34. The first-order valence-corrected chi connectivity index (χ1v) is 4.16. The van der Waals surface area contributed by atoms with Crippen LogP contribution in [0.2, 0.25) is 0 Å². The number of rotatable bonds is 1. The molecule has 0 saturated carbocycles. The minimum atomic E-state index is -0.579. The van der Waals surface area contributed by atoms with Gasteiger partial charge in [-0.3, -0.25) is 15.1 Å². The van der Waals surface area contributed by atoms with E-state index in [1.165, 1.54) is 12.4 Å². The van der Waals surface area contributed by atoms with Crippen molar-refractivity contribution in [3.8, 4) is 0 Å². The van der Waals surface area contributed by atoms with E-state index in [0.29, 0.717) is 15.4 Å². The zero-order chi connectivity index (χ0) is 9.42. The normalized spacial score (nSPS) is 10.5. The highest BCUT2D eigenvalue weighted by Crippen LogP contribution is 2.35. The van der Waals surface area contributed by atoms with E-state index >= 15 is 0 Å². The second-order valence-corrected chi connectivity index (χ2v) is 3.14. The maximum Gasteiger partial charge on any atom is 0.448 e. The lowest BCUT2D eigenvalue weighted by molar-refractivity contribution is -0.402. The number of hydrogen-bond donors (Lipinski definition) is 0. The highest BCUT2D eigenvalue weighted by atomic mass is 79.9. The molecule has 6 heteroatoms. The fraction of sp³-hybridized carbons (Fsp3) is 0. The maximum atomic E-state index is 10.5. The van der Waals surface area contributed by atoms with Gasteiger partial charge in [-0.15, -0.1) is 0 Å². The molecule has 0 radical (unpaired) electrons. The van der Waals surface area contributed by atoms with E-state index in [9.17, 15) is 10.1 Å². The molecule has 0 N–H and O–H groups in total. The lowest BCUT2D eigenvalue weighted by Crippen LogP contribution is -1.84. The van der Waals surface area contributed by atoms with E-state index < -0.39 is 4.92 Å². The Morgan fingerprint density at radius 3 is 3.00 bits per heavy atom. The average Bonchev–Trinajstić information content (AvgIpc) is 2.45. The Labute approximate surface area is 80.6 Å². The molecule has 66 valence electrons. The Balaban J connectivity index is 2.81. The van der Waals surface area contributed by atoms with Gasteiger partial charge < -0.3 is 4.42 Å². The number of furan rings is 1. The second-order valence-electron chi connectivity index (χ2n) is 2.35. The van der Waals surface area contributed by atoms with Gasteiger partial charge in [0.05, 0.1) is 5.39 Å². The zero-order valence-corrected chi connectivity index (χ0v) is 7.82. The lowest BCUT2D eigenvalue weighted by atomic mass is 10.3. The smallest absolute Gasteiger partial charge is 0.400 e. The number of pyridine rings is 1. The number of nitro groups is 1. The number of fused-ring (bicyclic) bond motifs is 1. The van der Waals surface area contributed by atoms with Crippen LogP contribution in [0, 0.1) is 10.1 Å². The summed E-state index contributed by atoms with van der Waals surface area (Å²) in [5.41, 5.74) is 0.452. The first kappa shape index (κ1) is 8.18. The predicted molar refractivity (Wildman–Crippen MR) is 48.4 cm³/mol. The first-order chi connectivity index (χ1) is 6.20. The van der Waals surface area contributed by atoms with Gasteiger partial charge in [-0.25, -0.2) is 0 Å². The zero-order valence-electron chi connectivity index (χ0n) is 6.23. The van der Waals surface area contributed by atoms with Crippen molar-refractivity contribution in [2.24, 2.45) is 0 Å². The molecule has 2 aromatic heterocycles. The summed E-state index contributed by atoms with van der Waals surface area (Å²) < 4.78 is 5.31. The topological polar surface area (TPSA) is 69.2 Å². The third kappa shape index (κ3) is 1.19. The third-order valence-electron chi connectivity index (χ3n) is 1.58. The Bertz CT molecular complexity index is 480. The molecule has 5 nitrogen and oxygen atoms in total. The van der Waals surface area contributed by atoms with Crippen molar-refractivity contribution < 1.29 is 9.34 Å². The van der Waals surface area contributed by atoms with E-state index in [0.717, 1.165) is 0 Å². The molecular weight excluding hydrogens is 240 g/mol. The molecule has 2 aromatic rings. The van der Waals surface area contributed by atoms with Crippen molar-refractivity contribution in [2.75, 3.05) is 0 Å². The summed E-state index contributed by atoms with van der Waals surface area (Å²) in [5, 5.41) is 11.1. The molecule has 2 rings (SSSR count). The van der Waals surface area contributed by atoms with Crippen LogP contribution in [0.1, 0.15) is 0 Å². The van der Waals surface area contributed by atoms with Crippen molar-refractivity contribution in [1.82, 2.24) is 4.98 Å². The summed E-state index contributed by atoms with van der Waals surface area (Å²) in [5.74, 6) is -0.289. The van der Waals surface area contributed by atoms with Crippen LogP contribution in [-0.2, 0) is 0 Å². The fourth-order valence-corrected chi connectivity index (χ4v) is 1.54. The van der Waals surface area contributed by atoms with Crippen LogP contribution < -0.4 is 0 Å². The molecule has 0 saturated heterocycles. The molecule has 0 atom stereocenters. The van der Waals surface area contributed by atoms with Crippen LogP contribution in [0.15, 0.2) is 27.3 Å². The highest BCUT2D eigenvalue weighted by Gasteiger charge is 2.21. The molecular formula is C7H3BrN2O3. The van der Waals surface area contributed by atoms with Gasteiger partial charge in [0.25, 0.3) is 0 Å². The van der Waals surface area contributed by atoms with Gasteiger partial charge in [-0.2, -0.15) is 0 Å². The first-order valence-electron chi connectivity index (χ1n) is 3.36. The van der Waals surface area contributed by atoms with Gasteiger partial charge in [-0.05, 0) is 15.9 Å². The van der Waals surface area contributed by atoms with E-state index in [2.05, 4.69) is 20.9 Å². The van der Waals surface area contributed by atoms with Gasteiger partial charge in [0.15, 0.2) is 0 Å². The van der Waals surface area contributed by atoms with Crippen molar-refractivity contribution in [1.29, 1.82) is 0 Å². The monoisotopic (exact) mass is 242 g/mol. The Hall–Kier alpha value is -1.43. The molecule has 0 spiro atoms. The maximum absolute atomic E-state index is 10.5. The fourth-order valence-electron chi connectivity index (χ4n) is 1.02. The van der Waals surface area contributed by atoms with Crippen LogP contribution in [0.25, 0.3) is 11.0 Å². The van der Waals surface area contributed by atoms with E-state index in [-0.39, 0.29) is 5.88 Å². The van der Waals surface area contributed by atoms with Crippen molar-refractivity contribution in [3.63, 3.8) is 0 Å². The summed E-state index contributed by atoms with van der Waals surface area (Å²) in [6, 6.07) is 1.58. The number of halogens is 1. The van der Waals surface area contributed by atoms with Crippen molar-refractivity contribution >= 4 is 32.8 Å². The minimum Gasteiger partial charge on any atom is -0.400 e. The molecule has 0 amide bonds. The molecule has 2 heterocycles. The molecule has 0 fully saturated rings. The molecule has 0 unspecified atom stereocenters. The summed E-state index contributed by atoms with van der Waals surface area (Å²) in [4.78, 5) is 13.7. The van der Waals surface area contributed by atoms with Gasteiger partial charge in [0.1, 0.15) is 15.0 Å². The lowest BCUT2D eigenvalue weighted by Gasteiger charge is -1.82. The van der Waals surface area contributed by atoms with E-state index in [1.807, 2.05) is 0 Å². The van der Waals surface area contributed by atoms with Crippen LogP contribution in [0.4, 0.5) is 5.88 Å². The number of hydrogen-bond acceptors (Lipinski definition) is 4. The van der Waals surface area contributed by atoms with E-state index in [4.69, 9.17) is 4.42 Å². The predicted octanol–water partition coefficient (Wildman–Crippen LogP) is 2.50. The van der Waals surface area contributed by atoms with E-state index in [1.54, 1.807) is 6.07 Å². The molecule has 0 aliphatic heterocycles. The minimum absolute atomic E-state index is 0.289. The quantitative estimate of drug-likeness (QED) is 0.569. The molecule has 0 bridgehead atoms. The molecule has 13 heavy (non-hydrogen) atoms. The van der Waals surface area contributed by atoms with Crippen molar-refractivity contribution in [3.05, 3.63) is 33.0 Å².